The minimum Gasteiger partial charge on any atom is -0.437 e. The largest absolute Gasteiger partial charge is 0.437 e. The third-order valence-corrected chi connectivity index (χ3v) is 4.83. The summed E-state index contributed by atoms with van der Waals surface area (Å²) >= 11 is 0. The number of anilines is 1. The fraction of sp³-hybridized carbons (Fsp3) is 0.308. The molecule has 2 aromatic rings. The summed E-state index contributed by atoms with van der Waals surface area (Å²) < 4.78 is 32.7. The van der Waals surface area contributed by atoms with Crippen molar-refractivity contribution in [3.63, 3.8) is 0 Å². The number of nitrogens with zero attached hydrogens (tertiary/aromatic N) is 3. The first-order valence-electron chi connectivity index (χ1n) is 6.23. The number of sulfonamides is 1. The quantitative estimate of drug-likeness (QED) is 0.861. The first-order chi connectivity index (χ1) is 9.73. The molecular weight excluding hydrogens is 292 g/mol. The van der Waals surface area contributed by atoms with Crippen molar-refractivity contribution in [2.45, 2.75) is 11.8 Å². The normalized spacial score (nSPS) is 11.9. The summed E-state index contributed by atoms with van der Waals surface area (Å²) in [5.41, 5.74) is 6.82. The van der Waals surface area contributed by atoms with Crippen molar-refractivity contribution < 1.29 is 13.2 Å². The van der Waals surface area contributed by atoms with Crippen LogP contribution in [0.5, 0.6) is 11.6 Å². The number of hydrogen-bond donors (Lipinski definition) is 1. The summed E-state index contributed by atoms with van der Waals surface area (Å²) in [6, 6.07) is 6.40. The van der Waals surface area contributed by atoms with Crippen LogP contribution in [0.3, 0.4) is 0 Å². The average molecular weight is 310 g/mol. The number of aryl methyl sites for hydroxylation is 2. The van der Waals surface area contributed by atoms with Gasteiger partial charge in [0.2, 0.25) is 15.9 Å². The molecule has 0 atom stereocenters. The van der Waals surface area contributed by atoms with E-state index in [1.54, 1.807) is 29.9 Å². The molecule has 0 amide bonds. The van der Waals surface area contributed by atoms with Crippen LogP contribution in [0.25, 0.3) is 0 Å². The highest BCUT2D eigenvalue weighted by molar-refractivity contribution is 7.89. The summed E-state index contributed by atoms with van der Waals surface area (Å²) in [6.45, 7) is 1.84. The molecular formula is C13H18N4O3S. The molecule has 2 rings (SSSR count). The monoisotopic (exact) mass is 310 g/mol. The molecule has 0 aliphatic heterocycles. The Bertz CT molecular complexity index is 766. The van der Waals surface area contributed by atoms with Gasteiger partial charge in [-0.1, -0.05) is 6.07 Å². The molecule has 0 radical (unpaired) electrons. The van der Waals surface area contributed by atoms with Crippen molar-refractivity contribution in [3.05, 3.63) is 30.0 Å². The number of ether oxygens (including phenoxy) is 1. The Balaban J connectivity index is 2.46. The molecule has 0 saturated carbocycles. The zero-order valence-corrected chi connectivity index (χ0v) is 13.2. The van der Waals surface area contributed by atoms with Crippen LogP contribution < -0.4 is 10.5 Å². The summed E-state index contributed by atoms with van der Waals surface area (Å²) in [4.78, 5) is 0.0175. The number of aromatic nitrogens is 2. The fourth-order valence-corrected chi connectivity index (χ4v) is 2.85. The SMILES string of the molecule is Cc1cc(Oc2cccc(S(=O)(=O)N(C)C)c2N)n(C)n1. The highest BCUT2D eigenvalue weighted by Gasteiger charge is 2.22. The van der Waals surface area contributed by atoms with Crippen LogP contribution in [-0.4, -0.2) is 36.6 Å². The second-order valence-electron chi connectivity index (χ2n) is 4.81. The molecule has 7 nitrogen and oxygen atoms in total. The molecule has 8 heteroatoms. The molecule has 114 valence electrons. The molecule has 0 saturated heterocycles. The van der Waals surface area contributed by atoms with Gasteiger partial charge in [-0.25, -0.2) is 17.4 Å². The summed E-state index contributed by atoms with van der Waals surface area (Å²) in [5, 5.41) is 4.16. The minimum absolute atomic E-state index is 0.0175. The first kappa shape index (κ1) is 15.3. The van der Waals surface area contributed by atoms with Crippen LogP contribution in [0.4, 0.5) is 5.69 Å². The number of benzene rings is 1. The van der Waals surface area contributed by atoms with Gasteiger partial charge in [-0.05, 0) is 19.1 Å². The van der Waals surface area contributed by atoms with Crippen LogP contribution in [0, 0.1) is 6.92 Å². The van der Waals surface area contributed by atoms with Gasteiger partial charge in [0.15, 0.2) is 5.75 Å². The second kappa shape index (κ2) is 5.38. The van der Waals surface area contributed by atoms with Gasteiger partial charge < -0.3 is 10.5 Å². The van der Waals surface area contributed by atoms with Gasteiger partial charge >= 0.3 is 0 Å². The number of hydrogen-bond acceptors (Lipinski definition) is 5. The molecule has 0 unspecified atom stereocenters. The Morgan fingerprint density at radius 2 is 2.00 bits per heavy atom. The van der Waals surface area contributed by atoms with E-state index in [1.807, 2.05) is 6.92 Å². The van der Waals surface area contributed by atoms with Gasteiger partial charge in [-0.2, -0.15) is 5.10 Å². The maximum Gasteiger partial charge on any atom is 0.244 e. The minimum atomic E-state index is -3.62. The molecule has 0 aliphatic rings. The lowest BCUT2D eigenvalue weighted by atomic mass is 10.3. The fourth-order valence-electron chi connectivity index (χ4n) is 1.83. The number of rotatable bonds is 4. The highest BCUT2D eigenvalue weighted by atomic mass is 32.2. The standard InChI is InChI=1S/C13H18N4O3S/c1-9-8-12(17(4)15-9)20-10-6-5-7-11(13(10)14)21(18,19)16(2)3/h5-8H,14H2,1-4H3. The first-order valence-corrected chi connectivity index (χ1v) is 7.67. The van der Waals surface area contributed by atoms with Crippen molar-refractivity contribution in [1.82, 2.24) is 14.1 Å². The van der Waals surface area contributed by atoms with E-state index >= 15 is 0 Å². The molecule has 1 aromatic carbocycles. The van der Waals surface area contributed by atoms with Crippen molar-refractivity contribution in [2.24, 2.45) is 7.05 Å². The third kappa shape index (κ3) is 2.86. The van der Waals surface area contributed by atoms with Gasteiger partial charge in [-0.3, -0.25) is 0 Å². The maximum absolute atomic E-state index is 12.2. The number of nitrogens with two attached hydrogens (primary N) is 1. The van der Waals surface area contributed by atoms with Gasteiger partial charge in [0.25, 0.3) is 0 Å². The van der Waals surface area contributed by atoms with E-state index in [1.165, 1.54) is 20.2 Å². The van der Waals surface area contributed by atoms with E-state index < -0.39 is 10.0 Å². The van der Waals surface area contributed by atoms with Crippen molar-refractivity contribution in [2.75, 3.05) is 19.8 Å². The molecule has 1 aromatic heterocycles. The van der Waals surface area contributed by atoms with Crippen LogP contribution in [0.2, 0.25) is 0 Å². The zero-order valence-electron chi connectivity index (χ0n) is 12.4. The second-order valence-corrected chi connectivity index (χ2v) is 6.93. The van der Waals surface area contributed by atoms with E-state index in [-0.39, 0.29) is 16.3 Å². The van der Waals surface area contributed by atoms with Gasteiger partial charge in [0, 0.05) is 27.2 Å². The van der Waals surface area contributed by atoms with Gasteiger partial charge in [0.05, 0.1) is 11.4 Å². The molecule has 1 heterocycles. The molecule has 0 aliphatic carbocycles. The van der Waals surface area contributed by atoms with E-state index in [4.69, 9.17) is 10.5 Å². The smallest absolute Gasteiger partial charge is 0.244 e. The van der Waals surface area contributed by atoms with E-state index in [0.29, 0.717) is 5.88 Å². The maximum atomic E-state index is 12.2. The van der Waals surface area contributed by atoms with Crippen LogP contribution >= 0.6 is 0 Å². The Morgan fingerprint density at radius 3 is 2.52 bits per heavy atom. The average Bonchev–Trinajstić information content (AvgIpc) is 2.70. The van der Waals surface area contributed by atoms with Gasteiger partial charge in [-0.15, -0.1) is 0 Å². The predicted octanol–water partition coefficient (Wildman–Crippen LogP) is 1.35. The molecule has 0 spiro atoms. The Labute approximate surface area is 124 Å². The third-order valence-electron chi connectivity index (χ3n) is 2.96. The highest BCUT2D eigenvalue weighted by Crippen LogP contribution is 2.33. The van der Waals surface area contributed by atoms with Gasteiger partial charge in [0.1, 0.15) is 4.90 Å². The molecule has 0 fully saturated rings. The summed E-state index contributed by atoms with van der Waals surface area (Å²) in [5.74, 6) is 0.763. The lowest BCUT2D eigenvalue weighted by molar-refractivity contribution is 0.431. The lowest BCUT2D eigenvalue weighted by Crippen LogP contribution is -2.23. The number of para-hydroxylation sites is 1. The Morgan fingerprint density at radius 1 is 1.33 bits per heavy atom. The van der Waals surface area contributed by atoms with Crippen LogP contribution in [0.15, 0.2) is 29.2 Å². The predicted molar refractivity (Wildman–Crippen MR) is 79.7 cm³/mol. The van der Waals surface area contributed by atoms with Crippen LogP contribution in [-0.2, 0) is 17.1 Å². The van der Waals surface area contributed by atoms with Crippen molar-refractivity contribution >= 4 is 15.7 Å². The van der Waals surface area contributed by atoms with Crippen molar-refractivity contribution in [1.29, 1.82) is 0 Å². The topological polar surface area (TPSA) is 90.5 Å². The zero-order chi connectivity index (χ0) is 15.8. The van der Waals surface area contributed by atoms with Crippen LogP contribution in [0.1, 0.15) is 5.69 Å². The summed E-state index contributed by atoms with van der Waals surface area (Å²) in [7, 11) is 1.02. The molecule has 21 heavy (non-hydrogen) atoms. The van der Waals surface area contributed by atoms with Crippen molar-refractivity contribution in [3.8, 4) is 11.6 Å². The van der Waals surface area contributed by atoms with E-state index in [2.05, 4.69) is 5.10 Å². The molecule has 0 bridgehead atoms. The molecule has 2 N–H and O–H groups in total. The lowest BCUT2D eigenvalue weighted by Gasteiger charge is -2.15. The Hall–Kier alpha value is -2.06. The number of nitrogen functional groups attached to an aromatic ring is 1. The van der Waals surface area contributed by atoms with E-state index in [0.717, 1.165) is 10.00 Å². The summed E-state index contributed by atoms with van der Waals surface area (Å²) in [6.07, 6.45) is 0. The Kier molecular flexibility index (Phi) is 3.93. The van der Waals surface area contributed by atoms with E-state index in [9.17, 15) is 8.42 Å².